The number of nitrogens with one attached hydrogen (secondary N) is 1. The number of anilines is 1. The number of pyridine rings is 1. The molecule has 1 aromatic heterocycles. The van der Waals surface area contributed by atoms with Crippen LogP contribution in [0.1, 0.15) is 43.5 Å². The summed E-state index contributed by atoms with van der Waals surface area (Å²) in [7, 11) is 1.53. The molecule has 2 atom stereocenters. The lowest BCUT2D eigenvalue weighted by molar-refractivity contribution is 0.0480. The molecule has 8 heteroatoms. The lowest BCUT2D eigenvalue weighted by Crippen LogP contribution is -2.38. The van der Waals surface area contributed by atoms with Crippen LogP contribution in [0.2, 0.25) is 0 Å². The van der Waals surface area contributed by atoms with Crippen molar-refractivity contribution in [3.63, 3.8) is 0 Å². The normalized spacial score (nSPS) is 23.4. The van der Waals surface area contributed by atoms with E-state index in [4.69, 9.17) is 15.2 Å². The maximum Gasteiger partial charge on any atom is 0.405 e. The summed E-state index contributed by atoms with van der Waals surface area (Å²) in [5.74, 6) is 0.836. The molecule has 2 fully saturated rings. The Morgan fingerprint density at radius 2 is 2.19 bits per heavy atom. The molecular weight excluding hydrogens is 336 g/mol. The molecule has 1 aliphatic carbocycles. The molecule has 142 valence electrons. The average Bonchev–Trinajstić information content (AvgIpc) is 3.37. The van der Waals surface area contributed by atoms with E-state index >= 15 is 0 Å². The fraction of sp³-hybridized carbons (Fsp3) is 0.611. The molecule has 1 aromatic rings. The monoisotopic (exact) mass is 362 g/mol. The Kier molecular flexibility index (Phi) is 4.93. The average molecular weight is 362 g/mol. The molecule has 26 heavy (non-hydrogen) atoms. The number of nitrogens with two attached hydrogens (primary N) is 1. The smallest absolute Gasteiger partial charge is 0.405 e. The van der Waals surface area contributed by atoms with Crippen LogP contribution >= 0.6 is 0 Å². The van der Waals surface area contributed by atoms with Crippen molar-refractivity contribution in [2.45, 2.75) is 44.8 Å². The second-order valence-electron chi connectivity index (χ2n) is 7.39. The van der Waals surface area contributed by atoms with E-state index in [1.807, 2.05) is 18.7 Å². The van der Waals surface area contributed by atoms with E-state index in [1.54, 1.807) is 6.07 Å². The highest BCUT2D eigenvalue weighted by molar-refractivity contribution is 6.00. The van der Waals surface area contributed by atoms with E-state index in [9.17, 15) is 9.59 Å². The number of nitrogens with zero attached hydrogens (tertiary/aromatic N) is 2. The summed E-state index contributed by atoms with van der Waals surface area (Å²) in [5.41, 5.74) is 5.70. The lowest BCUT2D eigenvalue weighted by Gasteiger charge is -2.26. The van der Waals surface area contributed by atoms with Gasteiger partial charge in [-0.1, -0.05) is 0 Å². The molecule has 0 radical (unpaired) electrons. The van der Waals surface area contributed by atoms with Crippen LogP contribution < -0.4 is 20.7 Å². The maximum atomic E-state index is 12.8. The number of primary amides is 1. The van der Waals surface area contributed by atoms with Crippen molar-refractivity contribution in [2.24, 2.45) is 11.7 Å². The van der Waals surface area contributed by atoms with Gasteiger partial charge in [-0.15, -0.1) is 0 Å². The molecule has 2 aliphatic rings. The van der Waals surface area contributed by atoms with Crippen LogP contribution in [0.5, 0.6) is 5.88 Å². The van der Waals surface area contributed by atoms with Gasteiger partial charge >= 0.3 is 6.09 Å². The molecule has 1 aliphatic heterocycles. The van der Waals surface area contributed by atoms with Gasteiger partial charge in [0, 0.05) is 31.3 Å². The number of rotatable bonds is 6. The molecule has 3 rings (SSSR count). The minimum Gasteiger partial charge on any atom is -0.481 e. The zero-order valence-electron chi connectivity index (χ0n) is 15.4. The Balaban J connectivity index is 1.82. The first kappa shape index (κ1) is 18.3. The summed E-state index contributed by atoms with van der Waals surface area (Å²) in [6.07, 6.45) is 3.68. The first-order valence-corrected chi connectivity index (χ1v) is 8.89. The van der Waals surface area contributed by atoms with Crippen molar-refractivity contribution in [2.75, 3.05) is 25.1 Å². The van der Waals surface area contributed by atoms with Crippen LogP contribution in [-0.2, 0) is 4.74 Å². The second kappa shape index (κ2) is 7.01. The number of carbonyl (C=O) groups is 2. The predicted molar refractivity (Wildman–Crippen MR) is 96.3 cm³/mol. The lowest BCUT2D eigenvalue weighted by atomic mass is 10.1. The van der Waals surface area contributed by atoms with Crippen molar-refractivity contribution < 1.29 is 19.1 Å². The summed E-state index contributed by atoms with van der Waals surface area (Å²) in [6, 6.07) is 1.88. The fourth-order valence-corrected chi connectivity index (χ4v) is 3.44. The van der Waals surface area contributed by atoms with Crippen LogP contribution in [-0.4, -0.2) is 48.8 Å². The predicted octanol–water partition coefficient (Wildman–Crippen LogP) is 1.68. The summed E-state index contributed by atoms with van der Waals surface area (Å²) in [6.45, 7) is 4.95. The summed E-state index contributed by atoms with van der Waals surface area (Å²) in [4.78, 5) is 30.1. The molecule has 2 amide bonds. The number of hydrogen-bond donors (Lipinski definition) is 2. The Morgan fingerprint density at radius 1 is 1.46 bits per heavy atom. The van der Waals surface area contributed by atoms with Gasteiger partial charge in [-0.25, -0.2) is 9.78 Å². The highest BCUT2D eigenvalue weighted by atomic mass is 16.6. The summed E-state index contributed by atoms with van der Waals surface area (Å²) < 4.78 is 10.5. The Hall–Kier alpha value is -2.51. The topological polar surface area (TPSA) is 107 Å². The first-order valence-electron chi connectivity index (χ1n) is 8.89. The summed E-state index contributed by atoms with van der Waals surface area (Å²) >= 11 is 0. The van der Waals surface area contributed by atoms with E-state index in [0.717, 1.165) is 12.8 Å². The summed E-state index contributed by atoms with van der Waals surface area (Å²) in [5, 5.41) is 3.06. The van der Waals surface area contributed by atoms with Crippen LogP contribution in [0, 0.1) is 5.92 Å². The van der Waals surface area contributed by atoms with Crippen molar-refractivity contribution in [3.05, 3.63) is 17.8 Å². The Labute approximate surface area is 153 Å². The zero-order valence-corrected chi connectivity index (χ0v) is 15.4. The third kappa shape index (κ3) is 4.00. The molecular formula is C18H26N4O4. The molecule has 0 aromatic carbocycles. The van der Waals surface area contributed by atoms with Crippen molar-refractivity contribution >= 4 is 17.7 Å². The third-order valence-corrected chi connectivity index (χ3v) is 5.12. The van der Waals surface area contributed by atoms with Gasteiger partial charge in [-0.05, 0) is 32.6 Å². The second-order valence-corrected chi connectivity index (χ2v) is 7.39. The van der Waals surface area contributed by atoms with Crippen LogP contribution in [0.4, 0.5) is 10.5 Å². The van der Waals surface area contributed by atoms with Gasteiger partial charge < -0.3 is 25.4 Å². The van der Waals surface area contributed by atoms with E-state index in [1.165, 1.54) is 13.3 Å². The molecule has 0 spiro atoms. The zero-order chi connectivity index (χ0) is 18.9. The van der Waals surface area contributed by atoms with E-state index in [2.05, 4.69) is 10.3 Å². The van der Waals surface area contributed by atoms with E-state index in [0.29, 0.717) is 42.6 Å². The van der Waals surface area contributed by atoms with Gasteiger partial charge in [0.1, 0.15) is 5.60 Å². The highest BCUT2D eigenvalue weighted by Crippen LogP contribution is 2.34. The molecule has 3 N–H and O–H groups in total. The minimum atomic E-state index is -0.794. The number of hydrogen-bond acceptors (Lipinski definition) is 6. The van der Waals surface area contributed by atoms with Crippen LogP contribution in [0.25, 0.3) is 0 Å². The van der Waals surface area contributed by atoms with Gasteiger partial charge in [0.05, 0.1) is 24.9 Å². The maximum absolute atomic E-state index is 12.8. The minimum absolute atomic E-state index is 0.138. The molecule has 1 saturated heterocycles. The largest absolute Gasteiger partial charge is 0.481 e. The number of amides is 2. The number of aromatic nitrogens is 1. The number of ether oxygens (including phenoxy) is 2. The van der Waals surface area contributed by atoms with Crippen LogP contribution in [0.3, 0.4) is 0 Å². The van der Waals surface area contributed by atoms with Gasteiger partial charge in [0.15, 0.2) is 0 Å². The SMILES string of the molecule is COc1cc(N2CC[C@](C)(OC(N)=O)C2)c(C(=O)N[C@@H](C)C2CC2)cn1. The standard InChI is InChI=1S/C18H26N4O4/c1-11(12-4-5-12)21-16(23)13-9-20-15(25-3)8-14(13)22-7-6-18(2,10-22)26-17(19)24/h8-9,11-12H,4-7,10H2,1-3H3,(H2,19,24)(H,21,23)/t11-,18-/m0/s1. The quantitative estimate of drug-likeness (QED) is 0.797. The van der Waals surface area contributed by atoms with E-state index < -0.39 is 11.7 Å². The molecule has 0 unspecified atom stereocenters. The third-order valence-electron chi connectivity index (χ3n) is 5.12. The van der Waals surface area contributed by atoms with Gasteiger partial charge in [0.2, 0.25) is 5.88 Å². The Bertz CT molecular complexity index is 706. The molecule has 0 bridgehead atoms. The van der Waals surface area contributed by atoms with E-state index in [-0.39, 0.29) is 11.9 Å². The number of methoxy groups -OCH3 is 1. The Morgan fingerprint density at radius 3 is 2.81 bits per heavy atom. The van der Waals surface area contributed by atoms with Crippen molar-refractivity contribution in [1.29, 1.82) is 0 Å². The van der Waals surface area contributed by atoms with Gasteiger partial charge in [0.25, 0.3) is 5.91 Å². The molecule has 8 nitrogen and oxygen atoms in total. The van der Waals surface area contributed by atoms with Gasteiger partial charge in [-0.3, -0.25) is 4.79 Å². The highest BCUT2D eigenvalue weighted by Gasteiger charge is 2.38. The van der Waals surface area contributed by atoms with Crippen molar-refractivity contribution in [1.82, 2.24) is 10.3 Å². The van der Waals surface area contributed by atoms with Crippen molar-refractivity contribution in [3.8, 4) is 5.88 Å². The van der Waals surface area contributed by atoms with Gasteiger partial charge in [-0.2, -0.15) is 0 Å². The molecule has 1 saturated carbocycles. The first-order chi connectivity index (χ1) is 12.3. The fourth-order valence-electron chi connectivity index (χ4n) is 3.44. The molecule has 2 heterocycles. The number of carbonyl (C=O) groups excluding carboxylic acids is 2. The van der Waals surface area contributed by atoms with Crippen LogP contribution in [0.15, 0.2) is 12.3 Å².